The van der Waals surface area contributed by atoms with Crippen LogP contribution in [0.1, 0.15) is 0 Å². The minimum Gasteiger partial charge on any atom is -0.506 e. The number of phenolic OH excluding ortho intramolecular Hbond substituents is 1. The highest BCUT2D eigenvalue weighted by Gasteiger charge is 2.13. The molecule has 0 atom stereocenters. The number of halogens is 2. The van der Waals surface area contributed by atoms with E-state index in [1.807, 2.05) is 36.4 Å². The quantitative estimate of drug-likeness (QED) is 0.424. The van der Waals surface area contributed by atoms with Crippen LogP contribution in [0.4, 0.5) is 11.5 Å². The molecule has 4 nitrogen and oxygen atoms in total. The fourth-order valence-corrected chi connectivity index (χ4v) is 3.06. The van der Waals surface area contributed by atoms with Gasteiger partial charge in [0.05, 0.1) is 15.7 Å². The molecule has 2 N–H and O–H groups in total. The van der Waals surface area contributed by atoms with Crippen molar-refractivity contribution in [1.82, 2.24) is 10.2 Å². The molecule has 0 aliphatic rings. The number of nitrogens with zero attached hydrogens (tertiary/aromatic N) is 2. The molecular formula is C20H13Cl2N3O. The van der Waals surface area contributed by atoms with Crippen LogP contribution in [0.15, 0.2) is 66.7 Å². The number of rotatable bonds is 3. The van der Waals surface area contributed by atoms with Gasteiger partial charge in [-0.2, -0.15) is 0 Å². The molecule has 1 aromatic heterocycles. The van der Waals surface area contributed by atoms with E-state index >= 15 is 0 Å². The SMILES string of the molecule is Oc1ccccc1Nc1nnc(-c2ccc(Cl)c(Cl)c2)c2ccccc12. The Morgan fingerprint density at radius 2 is 1.50 bits per heavy atom. The van der Waals surface area contributed by atoms with Crippen LogP contribution in [-0.4, -0.2) is 15.3 Å². The maximum atomic E-state index is 10.00. The minimum atomic E-state index is 0.145. The van der Waals surface area contributed by atoms with Crippen molar-refractivity contribution in [3.8, 4) is 17.0 Å². The average molecular weight is 382 g/mol. The molecule has 0 bridgehead atoms. The van der Waals surface area contributed by atoms with Crippen molar-refractivity contribution in [2.24, 2.45) is 0 Å². The van der Waals surface area contributed by atoms with Crippen LogP contribution in [0, 0.1) is 0 Å². The molecule has 1 heterocycles. The number of anilines is 2. The Morgan fingerprint density at radius 1 is 0.769 bits per heavy atom. The van der Waals surface area contributed by atoms with E-state index in [1.165, 1.54) is 0 Å². The van der Waals surface area contributed by atoms with Crippen molar-refractivity contribution >= 4 is 45.5 Å². The lowest BCUT2D eigenvalue weighted by molar-refractivity contribution is 0.477. The average Bonchev–Trinajstić information content (AvgIpc) is 2.66. The summed E-state index contributed by atoms with van der Waals surface area (Å²) >= 11 is 12.2. The third-order valence-corrected chi connectivity index (χ3v) is 4.78. The van der Waals surface area contributed by atoms with Gasteiger partial charge in [0, 0.05) is 16.3 Å². The molecule has 128 valence electrons. The molecule has 0 amide bonds. The second kappa shape index (κ2) is 6.83. The third-order valence-electron chi connectivity index (χ3n) is 4.04. The summed E-state index contributed by atoms with van der Waals surface area (Å²) in [5.41, 5.74) is 2.11. The van der Waals surface area contributed by atoms with Crippen molar-refractivity contribution < 1.29 is 5.11 Å². The Hall–Kier alpha value is -2.82. The number of benzene rings is 3. The smallest absolute Gasteiger partial charge is 0.161 e. The van der Waals surface area contributed by atoms with Gasteiger partial charge in [0.15, 0.2) is 5.82 Å². The molecule has 0 fully saturated rings. The number of hydrogen-bond donors (Lipinski definition) is 2. The first kappa shape index (κ1) is 16.6. The molecular weight excluding hydrogens is 369 g/mol. The van der Waals surface area contributed by atoms with Crippen LogP contribution < -0.4 is 5.32 Å². The largest absolute Gasteiger partial charge is 0.506 e. The molecule has 0 aliphatic carbocycles. The molecule has 0 saturated carbocycles. The first-order valence-electron chi connectivity index (χ1n) is 7.89. The lowest BCUT2D eigenvalue weighted by atomic mass is 10.0. The van der Waals surface area contributed by atoms with Gasteiger partial charge in [-0.15, -0.1) is 10.2 Å². The van der Waals surface area contributed by atoms with E-state index < -0.39 is 0 Å². The Kier molecular flexibility index (Phi) is 4.37. The maximum Gasteiger partial charge on any atom is 0.161 e. The monoisotopic (exact) mass is 381 g/mol. The van der Waals surface area contributed by atoms with E-state index in [2.05, 4.69) is 15.5 Å². The van der Waals surface area contributed by atoms with Gasteiger partial charge in [-0.05, 0) is 24.3 Å². The van der Waals surface area contributed by atoms with Gasteiger partial charge in [-0.3, -0.25) is 0 Å². The van der Waals surface area contributed by atoms with Crippen LogP contribution in [0.3, 0.4) is 0 Å². The summed E-state index contributed by atoms with van der Waals surface area (Å²) in [4.78, 5) is 0. The fraction of sp³-hybridized carbons (Fsp3) is 0. The molecule has 3 aromatic carbocycles. The Balaban J connectivity index is 1.86. The highest BCUT2D eigenvalue weighted by atomic mass is 35.5. The van der Waals surface area contributed by atoms with Gasteiger partial charge >= 0.3 is 0 Å². The van der Waals surface area contributed by atoms with E-state index in [0.717, 1.165) is 16.3 Å². The molecule has 4 rings (SSSR count). The van der Waals surface area contributed by atoms with Crippen molar-refractivity contribution in [3.05, 3.63) is 76.8 Å². The van der Waals surface area contributed by atoms with E-state index in [0.29, 0.717) is 27.2 Å². The summed E-state index contributed by atoms with van der Waals surface area (Å²) in [5.74, 6) is 0.706. The van der Waals surface area contributed by atoms with Gasteiger partial charge < -0.3 is 10.4 Å². The zero-order valence-corrected chi connectivity index (χ0v) is 15.0. The molecule has 0 radical (unpaired) electrons. The summed E-state index contributed by atoms with van der Waals surface area (Å²) in [6, 6.07) is 20.2. The maximum absolute atomic E-state index is 10.00. The van der Waals surface area contributed by atoms with E-state index in [-0.39, 0.29) is 5.75 Å². The Bertz CT molecular complexity index is 1120. The zero-order chi connectivity index (χ0) is 18.1. The summed E-state index contributed by atoms with van der Waals surface area (Å²) in [5, 5.41) is 24.6. The predicted octanol–water partition coefficient (Wildman–Crippen LogP) is 6.05. The molecule has 0 saturated heterocycles. The third kappa shape index (κ3) is 3.05. The number of nitrogens with one attached hydrogen (secondary N) is 1. The molecule has 0 aliphatic heterocycles. The van der Waals surface area contributed by atoms with Crippen molar-refractivity contribution in [3.63, 3.8) is 0 Å². The second-order valence-electron chi connectivity index (χ2n) is 5.71. The zero-order valence-electron chi connectivity index (χ0n) is 13.4. The van der Waals surface area contributed by atoms with Gasteiger partial charge in [0.25, 0.3) is 0 Å². The van der Waals surface area contributed by atoms with Crippen LogP contribution in [-0.2, 0) is 0 Å². The van der Waals surface area contributed by atoms with Crippen LogP contribution in [0.5, 0.6) is 5.75 Å². The summed E-state index contributed by atoms with van der Waals surface area (Å²) < 4.78 is 0. The minimum absolute atomic E-state index is 0.145. The number of para-hydroxylation sites is 2. The Labute approximate surface area is 160 Å². The second-order valence-corrected chi connectivity index (χ2v) is 6.53. The highest BCUT2D eigenvalue weighted by molar-refractivity contribution is 6.42. The molecule has 6 heteroatoms. The summed E-state index contributed by atoms with van der Waals surface area (Å²) in [6.45, 7) is 0. The number of aromatic nitrogens is 2. The first-order chi connectivity index (χ1) is 12.6. The molecule has 26 heavy (non-hydrogen) atoms. The number of aromatic hydroxyl groups is 1. The molecule has 0 unspecified atom stereocenters. The first-order valence-corrected chi connectivity index (χ1v) is 8.65. The van der Waals surface area contributed by atoms with Gasteiger partial charge in [0.2, 0.25) is 0 Å². The summed E-state index contributed by atoms with van der Waals surface area (Å²) in [7, 11) is 0. The Morgan fingerprint density at radius 3 is 2.27 bits per heavy atom. The van der Waals surface area contributed by atoms with Crippen molar-refractivity contribution in [2.75, 3.05) is 5.32 Å². The van der Waals surface area contributed by atoms with Crippen LogP contribution in [0.25, 0.3) is 22.0 Å². The van der Waals surface area contributed by atoms with E-state index in [1.54, 1.807) is 30.3 Å². The topological polar surface area (TPSA) is 58.0 Å². The lowest BCUT2D eigenvalue weighted by Crippen LogP contribution is -1.99. The summed E-state index contributed by atoms with van der Waals surface area (Å²) in [6.07, 6.45) is 0. The number of phenols is 1. The fourth-order valence-electron chi connectivity index (χ4n) is 2.76. The van der Waals surface area contributed by atoms with Crippen molar-refractivity contribution in [2.45, 2.75) is 0 Å². The predicted molar refractivity (Wildman–Crippen MR) is 106 cm³/mol. The molecule has 4 aromatic rings. The van der Waals surface area contributed by atoms with E-state index in [4.69, 9.17) is 23.2 Å². The standard InChI is InChI=1S/C20H13Cl2N3O/c21-15-10-9-12(11-16(15)22)19-13-5-1-2-6-14(13)20(25-24-19)23-17-7-3-4-8-18(17)26/h1-11,26H,(H,23,25). The number of hydrogen-bond acceptors (Lipinski definition) is 4. The van der Waals surface area contributed by atoms with Gasteiger partial charge in [-0.1, -0.05) is 65.7 Å². The van der Waals surface area contributed by atoms with Gasteiger partial charge in [-0.25, -0.2) is 0 Å². The number of fused-ring (bicyclic) bond motifs is 1. The van der Waals surface area contributed by atoms with E-state index in [9.17, 15) is 5.11 Å². The lowest BCUT2D eigenvalue weighted by Gasteiger charge is -2.12. The van der Waals surface area contributed by atoms with Gasteiger partial charge in [0.1, 0.15) is 11.4 Å². The van der Waals surface area contributed by atoms with Crippen LogP contribution in [0.2, 0.25) is 10.0 Å². The van der Waals surface area contributed by atoms with Crippen molar-refractivity contribution in [1.29, 1.82) is 0 Å². The molecule has 0 spiro atoms. The van der Waals surface area contributed by atoms with Crippen LogP contribution >= 0.6 is 23.2 Å². The normalized spacial score (nSPS) is 10.8. The highest BCUT2D eigenvalue weighted by Crippen LogP contribution is 2.34.